The number of hydrogen-bond donors (Lipinski definition) is 1. The molecule has 1 N–H and O–H groups in total. The molecule has 3 aromatic carbocycles. The molecule has 134 valence electrons. The first-order valence-corrected chi connectivity index (χ1v) is 9.69. The molecule has 0 bridgehead atoms. The lowest BCUT2D eigenvalue weighted by Gasteiger charge is -2.12. The second-order valence-electron chi connectivity index (χ2n) is 6.32. The summed E-state index contributed by atoms with van der Waals surface area (Å²) in [5.41, 5.74) is 5.41. The number of aliphatic hydroxyl groups is 1. The third-order valence-electron chi connectivity index (χ3n) is 4.68. The van der Waals surface area contributed by atoms with E-state index < -0.39 is 6.10 Å². The van der Waals surface area contributed by atoms with Gasteiger partial charge in [-0.1, -0.05) is 66.7 Å². The Labute approximate surface area is 163 Å². The molecule has 0 saturated carbocycles. The molecule has 0 aliphatic carbocycles. The number of ether oxygens (including phenoxy) is 1. The maximum atomic E-state index is 10.8. The molecule has 3 heteroatoms. The van der Waals surface area contributed by atoms with Gasteiger partial charge in [0.15, 0.2) is 0 Å². The van der Waals surface area contributed by atoms with Gasteiger partial charge in [0.2, 0.25) is 0 Å². The number of benzene rings is 3. The van der Waals surface area contributed by atoms with E-state index in [4.69, 9.17) is 4.74 Å². The van der Waals surface area contributed by atoms with E-state index in [1.54, 1.807) is 18.4 Å². The van der Waals surface area contributed by atoms with Crippen LogP contribution < -0.4 is 4.74 Å². The molecule has 0 fully saturated rings. The van der Waals surface area contributed by atoms with Crippen LogP contribution in [0, 0.1) is 0 Å². The second-order valence-corrected chi connectivity index (χ2v) is 7.27. The average molecular weight is 372 g/mol. The minimum atomic E-state index is -0.609. The molecule has 1 aromatic heterocycles. The van der Waals surface area contributed by atoms with Crippen LogP contribution in [0.25, 0.3) is 22.3 Å². The van der Waals surface area contributed by atoms with Gasteiger partial charge in [0.1, 0.15) is 11.9 Å². The Hall–Kier alpha value is -2.88. The van der Waals surface area contributed by atoms with Crippen LogP contribution in [0.4, 0.5) is 0 Å². The van der Waals surface area contributed by atoms with Crippen molar-refractivity contribution in [3.8, 4) is 28.0 Å². The first-order chi connectivity index (χ1) is 13.3. The second kappa shape index (κ2) is 7.78. The highest BCUT2D eigenvalue weighted by Gasteiger charge is 2.17. The van der Waals surface area contributed by atoms with E-state index >= 15 is 0 Å². The fourth-order valence-corrected chi connectivity index (χ4v) is 4.11. The minimum Gasteiger partial charge on any atom is -0.497 e. The molecular formula is C24H20O2S. The maximum absolute atomic E-state index is 10.8. The third-order valence-corrected chi connectivity index (χ3v) is 5.65. The van der Waals surface area contributed by atoms with Crippen molar-refractivity contribution >= 4 is 11.3 Å². The maximum Gasteiger partial charge on any atom is 0.118 e. The van der Waals surface area contributed by atoms with Gasteiger partial charge in [0.05, 0.1) is 7.11 Å². The van der Waals surface area contributed by atoms with Crippen LogP contribution in [0.3, 0.4) is 0 Å². The summed E-state index contributed by atoms with van der Waals surface area (Å²) in [7, 11) is 1.67. The molecule has 1 atom stereocenters. The van der Waals surface area contributed by atoms with Crippen LogP contribution in [-0.2, 0) is 0 Å². The van der Waals surface area contributed by atoms with Crippen molar-refractivity contribution < 1.29 is 9.84 Å². The highest BCUT2D eigenvalue weighted by atomic mass is 32.1. The highest BCUT2D eigenvalue weighted by Crippen LogP contribution is 2.36. The summed E-state index contributed by atoms with van der Waals surface area (Å²) in [6, 6.07) is 28.4. The Balaban J connectivity index is 1.62. The number of hydrogen-bond acceptors (Lipinski definition) is 3. The summed E-state index contributed by atoms with van der Waals surface area (Å²) < 4.78 is 5.22. The normalized spacial score (nSPS) is 11.9. The summed E-state index contributed by atoms with van der Waals surface area (Å²) in [5.74, 6) is 0.855. The SMILES string of the molecule is COc1ccc(-c2ccc(-c3ccsc3C(O)c3ccccc3)cc2)cc1. The van der Waals surface area contributed by atoms with Gasteiger partial charge in [-0.25, -0.2) is 0 Å². The summed E-state index contributed by atoms with van der Waals surface area (Å²) in [6.45, 7) is 0. The molecule has 0 spiro atoms. The van der Waals surface area contributed by atoms with Crippen molar-refractivity contribution in [1.29, 1.82) is 0 Å². The fraction of sp³-hybridized carbons (Fsp3) is 0.0833. The van der Waals surface area contributed by atoms with Crippen molar-refractivity contribution in [2.45, 2.75) is 6.10 Å². The van der Waals surface area contributed by atoms with Crippen LogP contribution in [0.15, 0.2) is 90.3 Å². The minimum absolute atomic E-state index is 0.609. The fourth-order valence-electron chi connectivity index (χ4n) is 3.18. The Morgan fingerprint density at radius 2 is 1.33 bits per heavy atom. The highest BCUT2D eigenvalue weighted by molar-refractivity contribution is 7.10. The van der Waals surface area contributed by atoms with E-state index in [1.807, 2.05) is 47.8 Å². The van der Waals surface area contributed by atoms with Gasteiger partial charge < -0.3 is 9.84 Å². The number of thiophene rings is 1. The van der Waals surface area contributed by atoms with Gasteiger partial charge in [-0.15, -0.1) is 11.3 Å². The number of rotatable bonds is 5. The monoisotopic (exact) mass is 372 g/mol. The zero-order chi connectivity index (χ0) is 18.6. The topological polar surface area (TPSA) is 29.5 Å². The molecule has 0 saturated heterocycles. The van der Waals surface area contributed by atoms with Crippen molar-refractivity contribution in [3.05, 3.63) is 101 Å². The first-order valence-electron chi connectivity index (χ1n) is 8.81. The lowest BCUT2D eigenvalue weighted by molar-refractivity contribution is 0.224. The standard InChI is InChI=1S/C24H20O2S/c1-26-21-13-11-18(12-14-21)17-7-9-19(10-8-17)22-15-16-27-24(22)23(25)20-5-3-2-4-6-20/h2-16,23,25H,1H3. The lowest BCUT2D eigenvalue weighted by atomic mass is 9.98. The van der Waals surface area contributed by atoms with Gasteiger partial charge in [-0.05, 0) is 51.4 Å². The molecule has 2 nitrogen and oxygen atoms in total. The number of aliphatic hydroxyl groups excluding tert-OH is 1. The lowest BCUT2D eigenvalue weighted by Crippen LogP contribution is -1.98. The van der Waals surface area contributed by atoms with Crippen LogP contribution in [0.2, 0.25) is 0 Å². The Kier molecular flexibility index (Phi) is 5.05. The Morgan fingerprint density at radius 3 is 1.96 bits per heavy atom. The van der Waals surface area contributed by atoms with E-state index in [0.717, 1.165) is 38.4 Å². The predicted molar refractivity (Wildman–Crippen MR) is 112 cm³/mol. The molecule has 0 aliphatic rings. The quantitative estimate of drug-likeness (QED) is 0.454. The predicted octanol–water partition coefficient (Wildman–Crippen LogP) is 6.17. The average Bonchev–Trinajstić information content (AvgIpc) is 3.24. The van der Waals surface area contributed by atoms with Crippen molar-refractivity contribution in [3.63, 3.8) is 0 Å². The summed E-state index contributed by atoms with van der Waals surface area (Å²) >= 11 is 1.59. The van der Waals surface area contributed by atoms with Crippen LogP contribution in [0.5, 0.6) is 5.75 Å². The van der Waals surface area contributed by atoms with Crippen molar-refractivity contribution in [2.24, 2.45) is 0 Å². The first kappa shape index (κ1) is 17.5. The summed E-state index contributed by atoms with van der Waals surface area (Å²) in [5, 5.41) is 12.8. The van der Waals surface area contributed by atoms with Gasteiger partial charge in [-0.3, -0.25) is 0 Å². The number of methoxy groups -OCH3 is 1. The molecule has 27 heavy (non-hydrogen) atoms. The van der Waals surface area contributed by atoms with Crippen LogP contribution >= 0.6 is 11.3 Å². The van der Waals surface area contributed by atoms with E-state index in [1.165, 1.54) is 0 Å². The van der Waals surface area contributed by atoms with Crippen LogP contribution in [0.1, 0.15) is 16.5 Å². The zero-order valence-electron chi connectivity index (χ0n) is 15.0. The molecule has 4 aromatic rings. The molecular weight excluding hydrogens is 352 g/mol. The van der Waals surface area contributed by atoms with E-state index in [2.05, 4.69) is 42.5 Å². The smallest absolute Gasteiger partial charge is 0.118 e. The Bertz CT molecular complexity index is 1000. The molecule has 1 heterocycles. The zero-order valence-corrected chi connectivity index (χ0v) is 15.8. The van der Waals surface area contributed by atoms with E-state index in [-0.39, 0.29) is 0 Å². The molecule has 4 rings (SSSR count). The molecule has 1 unspecified atom stereocenters. The van der Waals surface area contributed by atoms with Gasteiger partial charge in [0.25, 0.3) is 0 Å². The van der Waals surface area contributed by atoms with Gasteiger partial charge in [0, 0.05) is 4.88 Å². The molecule has 0 amide bonds. The van der Waals surface area contributed by atoms with Crippen molar-refractivity contribution in [2.75, 3.05) is 7.11 Å². The molecule has 0 aliphatic heterocycles. The third kappa shape index (κ3) is 3.65. The Morgan fingerprint density at radius 1 is 0.741 bits per heavy atom. The van der Waals surface area contributed by atoms with Crippen LogP contribution in [-0.4, -0.2) is 12.2 Å². The summed E-state index contributed by atoms with van der Waals surface area (Å²) in [6.07, 6.45) is -0.609. The summed E-state index contributed by atoms with van der Waals surface area (Å²) in [4.78, 5) is 0.971. The van der Waals surface area contributed by atoms with E-state index in [9.17, 15) is 5.11 Å². The van der Waals surface area contributed by atoms with Crippen molar-refractivity contribution in [1.82, 2.24) is 0 Å². The van der Waals surface area contributed by atoms with E-state index in [0.29, 0.717) is 0 Å². The molecule has 0 radical (unpaired) electrons. The van der Waals surface area contributed by atoms with Gasteiger partial charge >= 0.3 is 0 Å². The largest absolute Gasteiger partial charge is 0.497 e. The van der Waals surface area contributed by atoms with Gasteiger partial charge in [-0.2, -0.15) is 0 Å².